The second-order valence-electron chi connectivity index (χ2n) is 7.43. The zero-order valence-corrected chi connectivity index (χ0v) is 17.2. The minimum absolute atomic E-state index is 0.143. The lowest BCUT2D eigenvalue weighted by molar-refractivity contribution is 0.0594. The molecule has 0 radical (unpaired) electrons. The molecule has 146 valence electrons. The first-order valence-corrected chi connectivity index (χ1v) is 10.8. The summed E-state index contributed by atoms with van der Waals surface area (Å²) >= 11 is 1.64. The van der Waals surface area contributed by atoms with E-state index in [1.54, 1.807) is 11.8 Å². The van der Waals surface area contributed by atoms with Gasteiger partial charge in [0.25, 0.3) is 5.91 Å². The van der Waals surface area contributed by atoms with Crippen molar-refractivity contribution in [2.75, 3.05) is 26.2 Å². The van der Waals surface area contributed by atoms with Crippen molar-refractivity contribution < 1.29 is 4.79 Å². The molecule has 2 heterocycles. The third-order valence-electron chi connectivity index (χ3n) is 5.31. The van der Waals surface area contributed by atoms with Crippen molar-refractivity contribution in [1.82, 2.24) is 19.8 Å². The molecule has 0 unspecified atom stereocenters. The Morgan fingerprint density at radius 1 is 1.07 bits per heavy atom. The van der Waals surface area contributed by atoms with Crippen LogP contribution in [-0.4, -0.2) is 57.9 Å². The van der Waals surface area contributed by atoms with E-state index >= 15 is 0 Å². The number of para-hydroxylation sites is 2. The lowest BCUT2D eigenvalue weighted by Crippen LogP contribution is -2.50. The number of piperazine rings is 1. The van der Waals surface area contributed by atoms with Crippen LogP contribution in [-0.2, 0) is 5.75 Å². The molecule has 4 rings (SSSR count). The van der Waals surface area contributed by atoms with Crippen LogP contribution in [0.1, 0.15) is 29.8 Å². The molecule has 0 spiro atoms. The van der Waals surface area contributed by atoms with Crippen molar-refractivity contribution in [2.24, 2.45) is 0 Å². The maximum atomic E-state index is 13.1. The molecule has 1 fully saturated rings. The van der Waals surface area contributed by atoms with Crippen LogP contribution >= 0.6 is 11.8 Å². The Bertz CT molecular complexity index is 927. The molecule has 0 saturated carbocycles. The smallest absolute Gasteiger partial charge is 0.254 e. The number of nitrogens with zero attached hydrogens (tertiary/aromatic N) is 3. The van der Waals surface area contributed by atoms with Gasteiger partial charge in [0.2, 0.25) is 0 Å². The van der Waals surface area contributed by atoms with E-state index in [1.165, 1.54) is 0 Å². The summed E-state index contributed by atoms with van der Waals surface area (Å²) in [7, 11) is 0. The van der Waals surface area contributed by atoms with Gasteiger partial charge in [-0.25, -0.2) is 4.98 Å². The number of thioether (sulfide) groups is 1. The van der Waals surface area contributed by atoms with Gasteiger partial charge in [-0.2, -0.15) is 0 Å². The van der Waals surface area contributed by atoms with Crippen LogP contribution in [0.25, 0.3) is 11.0 Å². The number of amides is 1. The molecular weight excluding hydrogens is 368 g/mol. The Hall–Kier alpha value is -2.31. The summed E-state index contributed by atoms with van der Waals surface area (Å²) in [4.78, 5) is 25.5. The molecule has 0 aliphatic carbocycles. The zero-order chi connectivity index (χ0) is 19.5. The van der Waals surface area contributed by atoms with Crippen molar-refractivity contribution in [1.29, 1.82) is 0 Å². The Labute approximate surface area is 170 Å². The summed E-state index contributed by atoms with van der Waals surface area (Å²) in [5.74, 6) is 0.859. The van der Waals surface area contributed by atoms with Gasteiger partial charge in [-0.05, 0) is 37.6 Å². The van der Waals surface area contributed by atoms with Gasteiger partial charge in [-0.1, -0.05) is 42.1 Å². The molecular formula is C22H26N4OS. The third kappa shape index (κ3) is 4.08. The number of aromatic amines is 1. The number of rotatable bonds is 5. The molecule has 1 aliphatic heterocycles. The van der Waals surface area contributed by atoms with Gasteiger partial charge in [0.05, 0.1) is 11.0 Å². The van der Waals surface area contributed by atoms with Crippen LogP contribution < -0.4 is 0 Å². The number of H-pyrrole nitrogens is 1. The van der Waals surface area contributed by atoms with Gasteiger partial charge in [0.15, 0.2) is 5.16 Å². The normalized spacial score (nSPS) is 15.5. The van der Waals surface area contributed by atoms with Crippen LogP contribution in [0, 0.1) is 0 Å². The van der Waals surface area contributed by atoms with E-state index < -0.39 is 0 Å². The van der Waals surface area contributed by atoms with Gasteiger partial charge in [0, 0.05) is 43.5 Å². The van der Waals surface area contributed by atoms with Gasteiger partial charge < -0.3 is 9.88 Å². The topological polar surface area (TPSA) is 52.2 Å². The molecule has 1 amide bonds. The number of carbonyl (C=O) groups excluding carboxylic acids is 1. The minimum Gasteiger partial charge on any atom is -0.336 e. The number of imidazole rings is 1. The summed E-state index contributed by atoms with van der Waals surface area (Å²) in [5.41, 5.74) is 3.88. The second kappa shape index (κ2) is 8.37. The molecule has 6 heteroatoms. The van der Waals surface area contributed by atoms with Gasteiger partial charge >= 0.3 is 0 Å². The predicted octanol–water partition coefficient (Wildman–Crippen LogP) is 4.02. The van der Waals surface area contributed by atoms with Gasteiger partial charge in [-0.15, -0.1) is 0 Å². The highest BCUT2D eigenvalue weighted by Gasteiger charge is 2.24. The summed E-state index contributed by atoms with van der Waals surface area (Å²) in [6.07, 6.45) is 0. The number of fused-ring (bicyclic) bond motifs is 1. The Morgan fingerprint density at radius 2 is 1.79 bits per heavy atom. The van der Waals surface area contributed by atoms with E-state index in [1.807, 2.05) is 53.4 Å². The molecule has 0 bridgehead atoms. The van der Waals surface area contributed by atoms with E-state index in [2.05, 4.69) is 28.7 Å². The number of hydrogen-bond acceptors (Lipinski definition) is 4. The quantitative estimate of drug-likeness (QED) is 0.664. The summed E-state index contributed by atoms with van der Waals surface area (Å²) < 4.78 is 0. The van der Waals surface area contributed by atoms with Crippen molar-refractivity contribution in [2.45, 2.75) is 30.8 Å². The first-order valence-electron chi connectivity index (χ1n) is 9.80. The molecule has 1 saturated heterocycles. The third-order valence-corrected chi connectivity index (χ3v) is 6.23. The minimum atomic E-state index is 0.143. The van der Waals surface area contributed by atoms with Crippen molar-refractivity contribution in [3.05, 3.63) is 59.7 Å². The fraction of sp³-hybridized carbons (Fsp3) is 0.364. The van der Waals surface area contributed by atoms with Crippen LogP contribution in [0.3, 0.4) is 0 Å². The standard InChI is InChI=1S/C22H26N4OS/c1-16(2)25-11-13-26(14-12-25)21(27)18-8-4-3-7-17(18)15-28-22-23-19-9-5-6-10-20(19)24-22/h3-10,16H,11-15H2,1-2H3,(H,23,24). The Kier molecular flexibility index (Phi) is 5.69. The monoisotopic (exact) mass is 394 g/mol. The number of benzene rings is 2. The average molecular weight is 395 g/mol. The van der Waals surface area contributed by atoms with Crippen molar-refractivity contribution in [3.63, 3.8) is 0 Å². The van der Waals surface area contributed by atoms with Crippen molar-refractivity contribution >= 4 is 28.7 Å². The van der Waals surface area contributed by atoms with Crippen LogP contribution in [0.15, 0.2) is 53.7 Å². The molecule has 28 heavy (non-hydrogen) atoms. The first-order chi connectivity index (χ1) is 13.6. The number of hydrogen-bond donors (Lipinski definition) is 1. The summed E-state index contributed by atoms with van der Waals surface area (Å²) in [5, 5.41) is 0.883. The first kappa shape index (κ1) is 19.0. The highest BCUT2D eigenvalue weighted by Crippen LogP contribution is 2.25. The zero-order valence-electron chi connectivity index (χ0n) is 16.4. The highest BCUT2D eigenvalue weighted by atomic mass is 32.2. The van der Waals surface area contributed by atoms with E-state index in [-0.39, 0.29) is 5.91 Å². The lowest BCUT2D eigenvalue weighted by atomic mass is 10.1. The second-order valence-corrected chi connectivity index (χ2v) is 8.39. The van der Waals surface area contributed by atoms with Crippen LogP contribution in [0.2, 0.25) is 0 Å². The number of carbonyl (C=O) groups is 1. The summed E-state index contributed by atoms with van der Waals surface area (Å²) in [6, 6.07) is 16.5. The molecule has 1 N–H and O–H groups in total. The molecule has 1 aliphatic rings. The van der Waals surface area contributed by atoms with Gasteiger partial charge in [0.1, 0.15) is 0 Å². The predicted molar refractivity (Wildman–Crippen MR) is 115 cm³/mol. The molecule has 0 atom stereocenters. The Balaban J connectivity index is 1.45. The average Bonchev–Trinajstić information content (AvgIpc) is 3.15. The molecule has 1 aromatic heterocycles. The fourth-order valence-electron chi connectivity index (χ4n) is 3.61. The maximum Gasteiger partial charge on any atom is 0.254 e. The van der Waals surface area contributed by atoms with Crippen LogP contribution in [0.5, 0.6) is 0 Å². The van der Waals surface area contributed by atoms with Crippen molar-refractivity contribution in [3.8, 4) is 0 Å². The number of nitrogens with one attached hydrogen (secondary N) is 1. The Morgan fingerprint density at radius 3 is 2.54 bits per heavy atom. The lowest BCUT2D eigenvalue weighted by Gasteiger charge is -2.37. The maximum absolute atomic E-state index is 13.1. The molecule has 5 nitrogen and oxygen atoms in total. The highest BCUT2D eigenvalue weighted by molar-refractivity contribution is 7.98. The molecule has 2 aromatic carbocycles. The molecule has 3 aromatic rings. The van der Waals surface area contributed by atoms with Crippen LogP contribution in [0.4, 0.5) is 0 Å². The SMILES string of the molecule is CC(C)N1CCN(C(=O)c2ccccc2CSc2nc3ccccc3[nH]2)CC1. The number of aromatic nitrogens is 2. The van der Waals surface area contributed by atoms with E-state index in [9.17, 15) is 4.79 Å². The van der Waals surface area contributed by atoms with E-state index in [0.717, 1.165) is 53.5 Å². The van der Waals surface area contributed by atoms with E-state index in [4.69, 9.17) is 0 Å². The largest absolute Gasteiger partial charge is 0.336 e. The van der Waals surface area contributed by atoms with E-state index in [0.29, 0.717) is 11.8 Å². The van der Waals surface area contributed by atoms with Gasteiger partial charge in [-0.3, -0.25) is 9.69 Å². The summed E-state index contributed by atoms with van der Waals surface area (Å²) in [6.45, 7) is 7.90. The fourth-order valence-corrected chi connectivity index (χ4v) is 4.50.